The SMILES string of the molecule is CNCC1CCCN(C(=O)CCOC(C)C)C1.Cl. The van der Waals surface area contributed by atoms with Crippen molar-refractivity contribution in [3.8, 4) is 0 Å². The Kier molecular flexibility index (Phi) is 9.42. The Labute approximate surface area is 117 Å². The van der Waals surface area contributed by atoms with Crippen LogP contribution in [0.3, 0.4) is 0 Å². The number of carbonyl (C=O) groups is 1. The molecule has 1 saturated heterocycles. The van der Waals surface area contributed by atoms with E-state index in [9.17, 15) is 4.79 Å². The lowest BCUT2D eigenvalue weighted by molar-refractivity contribution is -0.134. The molecule has 1 fully saturated rings. The molecule has 1 rings (SSSR count). The van der Waals surface area contributed by atoms with Crippen LogP contribution in [0, 0.1) is 5.92 Å². The Hall–Kier alpha value is -0.320. The predicted molar refractivity (Wildman–Crippen MR) is 76.2 cm³/mol. The first-order valence-corrected chi connectivity index (χ1v) is 6.67. The Morgan fingerprint density at radius 2 is 2.22 bits per heavy atom. The molecule has 0 radical (unpaired) electrons. The highest BCUT2D eigenvalue weighted by atomic mass is 35.5. The molecule has 0 aliphatic carbocycles. The van der Waals surface area contributed by atoms with Crippen LogP contribution in [0.25, 0.3) is 0 Å². The van der Waals surface area contributed by atoms with Gasteiger partial charge in [0, 0.05) is 13.1 Å². The third-order valence-corrected chi connectivity index (χ3v) is 3.13. The van der Waals surface area contributed by atoms with E-state index in [1.807, 2.05) is 25.8 Å². The predicted octanol–water partition coefficient (Wildman–Crippen LogP) is 1.68. The maximum absolute atomic E-state index is 12.0. The maximum atomic E-state index is 12.0. The van der Waals surface area contributed by atoms with Crippen molar-refractivity contribution in [2.45, 2.75) is 39.2 Å². The van der Waals surface area contributed by atoms with Crippen LogP contribution in [0.1, 0.15) is 33.1 Å². The molecule has 18 heavy (non-hydrogen) atoms. The molecular weight excluding hydrogens is 252 g/mol. The molecular formula is C13H27ClN2O2. The number of ether oxygens (including phenoxy) is 1. The molecule has 1 N–H and O–H groups in total. The van der Waals surface area contributed by atoms with Crippen LogP contribution in [0.4, 0.5) is 0 Å². The number of rotatable bonds is 6. The highest BCUT2D eigenvalue weighted by Gasteiger charge is 2.22. The van der Waals surface area contributed by atoms with Gasteiger partial charge in [-0.25, -0.2) is 0 Å². The summed E-state index contributed by atoms with van der Waals surface area (Å²) in [5.74, 6) is 0.857. The molecule has 4 nitrogen and oxygen atoms in total. The van der Waals surface area contributed by atoms with Gasteiger partial charge in [0.1, 0.15) is 0 Å². The lowest BCUT2D eigenvalue weighted by Gasteiger charge is -2.32. The quantitative estimate of drug-likeness (QED) is 0.804. The highest BCUT2D eigenvalue weighted by molar-refractivity contribution is 5.85. The number of amides is 1. The molecule has 0 bridgehead atoms. The topological polar surface area (TPSA) is 41.6 Å². The Morgan fingerprint density at radius 3 is 2.83 bits per heavy atom. The van der Waals surface area contributed by atoms with E-state index >= 15 is 0 Å². The van der Waals surface area contributed by atoms with Gasteiger partial charge in [-0.2, -0.15) is 0 Å². The molecule has 1 aliphatic heterocycles. The average Bonchev–Trinajstić information content (AvgIpc) is 2.29. The zero-order chi connectivity index (χ0) is 12.7. The van der Waals surface area contributed by atoms with E-state index in [0.29, 0.717) is 18.9 Å². The van der Waals surface area contributed by atoms with Gasteiger partial charge >= 0.3 is 0 Å². The van der Waals surface area contributed by atoms with Crippen molar-refractivity contribution in [3.63, 3.8) is 0 Å². The summed E-state index contributed by atoms with van der Waals surface area (Å²) >= 11 is 0. The summed E-state index contributed by atoms with van der Waals surface area (Å²) in [4.78, 5) is 14.0. The molecule has 0 aromatic heterocycles. The summed E-state index contributed by atoms with van der Waals surface area (Å²) in [5, 5.41) is 3.19. The second-order valence-electron chi connectivity index (χ2n) is 5.08. The first kappa shape index (κ1) is 17.7. The monoisotopic (exact) mass is 278 g/mol. The fraction of sp³-hybridized carbons (Fsp3) is 0.923. The molecule has 1 heterocycles. The van der Waals surface area contributed by atoms with Crippen LogP contribution in [0.15, 0.2) is 0 Å². The van der Waals surface area contributed by atoms with Crippen LogP contribution >= 0.6 is 12.4 Å². The number of piperidine rings is 1. The third kappa shape index (κ3) is 6.57. The van der Waals surface area contributed by atoms with Gasteiger partial charge in [-0.1, -0.05) is 0 Å². The van der Waals surface area contributed by atoms with Crippen LogP contribution in [-0.4, -0.2) is 50.2 Å². The normalized spacial score (nSPS) is 19.8. The van der Waals surface area contributed by atoms with E-state index in [1.54, 1.807) is 0 Å². The van der Waals surface area contributed by atoms with E-state index in [0.717, 1.165) is 26.1 Å². The number of nitrogens with zero attached hydrogens (tertiary/aromatic N) is 1. The van der Waals surface area contributed by atoms with Gasteiger partial charge in [-0.3, -0.25) is 4.79 Å². The highest BCUT2D eigenvalue weighted by Crippen LogP contribution is 2.16. The van der Waals surface area contributed by atoms with Gasteiger partial charge in [0.05, 0.1) is 19.1 Å². The minimum atomic E-state index is 0. The van der Waals surface area contributed by atoms with Gasteiger partial charge in [0.25, 0.3) is 0 Å². The van der Waals surface area contributed by atoms with Crippen LogP contribution < -0.4 is 5.32 Å². The first-order chi connectivity index (χ1) is 8.13. The molecule has 1 amide bonds. The minimum Gasteiger partial charge on any atom is -0.378 e. The molecule has 1 atom stereocenters. The Morgan fingerprint density at radius 1 is 1.50 bits per heavy atom. The Bertz CT molecular complexity index is 235. The summed E-state index contributed by atoms with van der Waals surface area (Å²) in [5.41, 5.74) is 0. The average molecular weight is 279 g/mol. The smallest absolute Gasteiger partial charge is 0.224 e. The van der Waals surface area contributed by atoms with E-state index in [4.69, 9.17) is 4.74 Å². The first-order valence-electron chi connectivity index (χ1n) is 6.67. The molecule has 1 aliphatic rings. The lowest BCUT2D eigenvalue weighted by atomic mass is 9.98. The number of nitrogens with one attached hydrogen (secondary N) is 1. The van der Waals surface area contributed by atoms with Crippen molar-refractivity contribution in [2.24, 2.45) is 5.92 Å². The number of hydrogen-bond acceptors (Lipinski definition) is 3. The van der Waals surface area contributed by atoms with Crippen LogP contribution in [-0.2, 0) is 9.53 Å². The van der Waals surface area contributed by atoms with Crippen molar-refractivity contribution >= 4 is 18.3 Å². The molecule has 5 heteroatoms. The van der Waals surface area contributed by atoms with Crippen molar-refractivity contribution in [1.29, 1.82) is 0 Å². The van der Waals surface area contributed by atoms with Crippen molar-refractivity contribution < 1.29 is 9.53 Å². The summed E-state index contributed by atoms with van der Waals surface area (Å²) in [6.45, 7) is 7.36. The van der Waals surface area contributed by atoms with Crippen molar-refractivity contribution in [3.05, 3.63) is 0 Å². The van der Waals surface area contributed by atoms with Crippen molar-refractivity contribution in [2.75, 3.05) is 33.3 Å². The molecule has 0 aromatic carbocycles. The third-order valence-electron chi connectivity index (χ3n) is 3.13. The van der Waals surface area contributed by atoms with Gasteiger partial charge in [0.15, 0.2) is 0 Å². The summed E-state index contributed by atoms with van der Waals surface area (Å²) in [6, 6.07) is 0. The summed E-state index contributed by atoms with van der Waals surface area (Å²) in [7, 11) is 1.97. The van der Waals surface area contributed by atoms with E-state index in [-0.39, 0.29) is 24.4 Å². The standard InChI is InChI=1S/C13H26N2O2.ClH/c1-11(2)17-8-6-13(16)15-7-4-5-12(10-15)9-14-3;/h11-12,14H,4-10H2,1-3H3;1H. The zero-order valence-corrected chi connectivity index (χ0v) is 12.6. The van der Waals surface area contributed by atoms with E-state index < -0.39 is 0 Å². The van der Waals surface area contributed by atoms with Crippen LogP contribution in [0.2, 0.25) is 0 Å². The molecule has 0 aromatic rings. The van der Waals surface area contributed by atoms with E-state index in [2.05, 4.69) is 5.32 Å². The summed E-state index contributed by atoms with van der Waals surface area (Å²) < 4.78 is 5.42. The second kappa shape index (κ2) is 9.59. The lowest BCUT2D eigenvalue weighted by Crippen LogP contribution is -2.42. The second-order valence-corrected chi connectivity index (χ2v) is 5.08. The van der Waals surface area contributed by atoms with Gasteiger partial charge < -0.3 is 15.0 Å². The fourth-order valence-corrected chi connectivity index (χ4v) is 2.29. The molecule has 0 saturated carbocycles. The van der Waals surface area contributed by atoms with Crippen molar-refractivity contribution in [1.82, 2.24) is 10.2 Å². The number of hydrogen-bond donors (Lipinski definition) is 1. The number of carbonyl (C=O) groups excluding carboxylic acids is 1. The van der Waals surface area contributed by atoms with Crippen LogP contribution in [0.5, 0.6) is 0 Å². The van der Waals surface area contributed by atoms with E-state index in [1.165, 1.54) is 6.42 Å². The number of likely N-dealkylation sites (tertiary alicyclic amines) is 1. The largest absolute Gasteiger partial charge is 0.378 e. The molecule has 1 unspecified atom stereocenters. The molecule has 108 valence electrons. The molecule has 0 spiro atoms. The minimum absolute atomic E-state index is 0. The van der Waals surface area contributed by atoms with Gasteiger partial charge in [-0.15, -0.1) is 12.4 Å². The zero-order valence-electron chi connectivity index (χ0n) is 11.8. The Balaban J connectivity index is 0.00000289. The number of halogens is 1. The maximum Gasteiger partial charge on any atom is 0.224 e. The van der Waals surface area contributed by atoms with Gasteiger partial charge in [-0.05, 0) is 46.2 Å². The van der Waals surface area contributed by atoms with Gasteiger partial charge in [0.2, 0.25) is 5.91 Å². The fourth-order valence-electron chi connectivity index (χ4n) is 2.29. The summed E-state index contributed by atoms with van der Waals surface area (Å²) in [6.07, 6.45) is 3.09.